The van der Waals surface area contributed by atoms with Crippen LogP contribution in [0.15, 0.2) is 55.0 Å². The minimum atomic E-state index is -0.572. The molecule has 2 amide bonds. The Labute approximate surface area is 240 Å². The first-order valence-corrected chi connectivity index (χ1v) is 13.3. The molecule has 1 aliphatic heterocycles. The van der Waals surface area contributed by atoms with Gasteiger partial charge in [0.2, 0.25) is 5.91 Å². The molecule has 5 rings (SSSR count). The molecule has 0 saturated heterocycles. The van der Waals surface area contributed by atoms with Crippen LogP contribution in [0.3, 0.4) is 0 Å². The minimum absolute atomic E-state index is 0.316. The van der Waals surface area contributed by atoms with E-state index in [9.17, 15) is 9.59 Å². The molecule has 3 heterocycles. The number of amides is 2. The SMILES string of the molecule is COC(=O)Nc1ccc2c(c1)OCCCCNC[C@H](NC(=O)/C=C/c1cc(Cl)ccc1-n1cnnn1)c1nc-2c[nH]1. The van der Waals surface area contributed by atoms with Crippen LogP contribution in [0.5, 0.6) is 5.75 Å². The quantitative estimate of drug-likeness (QED) is 0.260. The second-order valence-corrected chi connectivity index (χ2v) is 9.55. The number of aromatic nitrogens is 6. The number of carbonyl (C=O) groups is 2. The topological polar surface area (TPSA) is 161 Å². The van der Waals surface area contributed by atoms with Crippen molar-refractivity contribution in [3.8, 4) is 22.7 Å². The Hall–Kier alpha value is -4.75. The highest BCUT2D eigenvalue weighted by molar-refractivity contribution is 6.30. The smallest absolute Gasteiger partial charge is 0.411 e. The minimum Gasteiger partial charge on any atom is -0.493 e. The number of nitrogens with zero attached hydrogens (tertiary/aromatic N) is 5. The standard InChI is InChI=1S/C27H28ClN9O4/c1-40-27(39)32-19-6-7-20-21-15-30-26(34-21)22(14-29-10-2-3-11-41-24(20)13-19)33-25(38)9-4-17-12-18(28)5-8-23(17)37-16-31-35-36-37/h4-9,12-13,15-16,22,29H,2-3,10-11,14H2,1H3,(H,30,34)(H,32,39)(H,33,38)/b9-4+/t22-/m0/s1. The van der Waals surface area contributed by atoms with Gasteiger partial charge >= 0.3 is 6.09 Å². The predicted octanol–water partition coefficient (Wildman–Crippen LogP) is 3.52. The van der Waals surface area contributed by atoms with Gasteiger partial charge in [0, 0.05) is 46.7 Å². The van der Waals surface area contributed by atoms with Crippen LogP contribution in [0.1, 0.15) is 30.3 Å². The van der Waals surface area contributed by atoms with Crippen molar-refractivity contribution < 1.29 is 19.1 Å². The van der Waals surface area contributed by atoms with Gasteiger partial charge in [0.25, 0.3) is 0 Å². The third-order valence-corrected chi connectivity index (χ3v) is 6.52. The first kappa shape index (κ1) is 27.8. The summed E-state index contributed by atoms with van der Waals surface area (Å²) < 4.78 is 12.2. The summed E-state index contributed by atoms with van der Waals surface area (Å²) in [5.74, 6) is 0.838. The number of nitrogens with one attached hydrogen (secondary N) is 4. The van der Waals surface area contributed by atoms with E-state index >= 15 is 0 Å². The zero-order valence-electron chi connectivity index (χ0n) is 22.1. The number of tetrazole rings is 1. The molecule has 1 aliphatic rings. The van der Waals surface area contributed by atoms with E-state index in [2.05, 4.69) is 36.5 Å². The molecule has 14 heteroatoms. The maximum atomic E-state index is 13.1. The number of imidazole rings is 1. The fourth-order valence-electron chi connectivity index (χ4n) is 4.27. The Bertz CT molecular complexity index is 1540. The molecule has 13 nitrogen and oxygen atoms in total. The fraction of sp³-hybridized carbons (Fsp3) is 0.259. The van der Waals surface area contributed by atoms with Crippen molar-refractivity contribution in [2.24, 2.45) is 0 Å². The number of aromatic amines is 1. The van der Waals surface area contributed by atoms with E-state index in [1.165, 1.54) is 24.2 Å². The lowest BCUT2D eigenvalue weighted by molar-refractivity contribution is -0.117. The van der Waals surface area contributed by atoms with Gasteiger partial charge in [-0.3, -0.25) is 10.1 Å². The Balaban J connectivity index is 1.37. The summed E-state index contributed by atoms with van der Waals surface area (Å²) >= 11 is 6.20. The van der Waals surface area contributed by atoms with Crippen molar-refractivity contribution in [2.75, 3.05) is 32.1 Å². The largest absolute Gasteiger partial charge is 0.493 e. The monoisotopic (exact) mass is 577 g/mol. The highest BCUT2D eigenvalue weighted by Crippen LogP contribution is 2.33. The van der Waals surface area contributed by atoms with Gasteiger partial charge in [-0.2, -0.15) is 4.68 Å². The Kier molecular flexibility index (Phi) is 8.86. The number of ether oxygens (including phenoxy) is 2. The van der Waals surface area contributed by atoms with E-state index in [1.807, 2.05) is 6.07 Å². The van der Waals surface area contributed by atoms with Crippen LogP contribution in [0.4, 0.5) is 10.5 Å². The number of halogens is 1. The molecule has 0 fully saturated rings. The average Bonchev–Trinajstić information content (AvgIpc) is 3.68. The van der Waals surface area contributed by atoms with E-state index in [1.54, 1.807) is 42.6 Å². The number of methoxy groups -OCH3 is 1. The molecular weight excluding hydrogens is 550 g/mol. The molecule has 0 saturated carbocycles. The van der Waals surface area contributed by atoms with Crippen molar-refractivity contribution in [3.63, 3.8) is 0 Å². The molecule has 4 N–H and O–H groups in total. The number of carbonyl (C=O) groups excluding carboxylic acids is 2. The van der Waals surface area contributed by atoms with Gasteiger partial charge in [0.05, 0.1) is 31.1 Å². The number of anilines is 1. The maximum Gasteiger partial charge on any atom is 0.411 e. The van der Waals surface area contributed by atoms with Crippen LogP contribution in [0, 0.1) is 0 Å². The van der Waals surface area contributed by atoms with Crippen LogP contribution in [-0.4, -0.2) is 69.0 Å². The van der Waals surface area contributed by atoms with Gasteiger partial charge < -0.3 is 25.1 Å². The Morgan fingerprint density at radius 2 is 2.12 bits per heavy atom. The number of hydrogen-bond acceptors (Lipinski definition) is 9. The number of benzene rings is 2. The normalized spacial score (nSPS) is 15.5. The zero-order valence-corrected chi connectivity index (χ0v) is 22.9. The summed E-state index contributed by atoms with van der Waals surface area (Å²) in [5, 5.41) is 20.9. The van der Waals surface area contributed by atoms with Crippen molar-refractivity contribution in [1.82, 2.24) is 40.8 Å². The highest BCUT2D eigenvalue weighted by atomic mass is 35.5. The third kappa shape index (κ3) is 7.07. The lowest BCUT2D eigenvalue weighted by Gasteiger charge is -2.16. The van der Waals surface area contributed by atoms with Crippen LogP contribution < -0.4 is 20.7 Å². The van der Waals surface area contributed by atoms with Gasteiger partial charge in [0.1, 0.15) is 17.9 Å². The van der Waals surface area contributed by atoms with E-state index in [0.717, 1.165) is 24.9 Å². The summed E-state index contributed by atoms with van der Waals surface area (Å²) in [6.45, 7) is 1.69. The first-order valence-electron chi connectivity index (χ1n) is 12.9. The maximum absolute atomic E-state index is 13.1. The molecule has 0 unspecified atom stereocenters. The number of rotatable bonds is 5. The molecule has 212 valence electrons. The second-order valence-electron chi connectivity index (χ2n) is 9.11. The zero-order chi connectivity index (χ0) is 28.6. The van der Waals surface area contributed by atoms with Gasteiger partial charge in [-0.05, 0) is 66.2 Å². The third-order valence-electron chi connectivity index (χ3n) is 6.29. The molecule has 2 aromatic heterocycles. The average molecular weight is 578 g/mol. The summed E-state index contributed by atoms with van der Waals surface area (Å²) in [4.78, 5) is 32.7. The molecule has 2 bridgehead atoms. The molecule has 0 aliphatic carbocycles. The molecule has 4 aromatic rings. The van der Waals surface area contributed by atoms with Crippen molar-refractivity contribution in [2.45, 2.75) is 18.9 Å². The lowest BCUT2D eigenvalue weighted by atomic mass is 10.1. The molecule has 41 heavy (non-hydrogen) atoms. The molecule has 0 radical (unpaired) electrons. The summed E-state index contributed by atoms with van der Waals surface area (Å²) in [5.41, 5.74) is 3.27. The Morgan fingerprint density at radius 3 is 2.95 bits per heavy atom. The molecule has 2 aromatic carbocycles. The van der Waals surface area contributed by atoms with E-state index in [4.69, 9.17) is 26.1 Å². The predicted molar refractivity (Wildman–Crippen MR) is 152 cm³/mol. The van der Waals surface area contributed by atoms with Gasteiger partial charge in [-0.1, -0.05) is 11.6 Å². The van der Waals surface area contributed by atoms with Crippen molar-refractivity contribution in [3.05, 3.63) is 71.4 Å². The summed E-state index contributed by atoms with van der Waals surface area (Å²) in [6, 6.07) is 10.1. The summed E-state index contributed by atoms with van der Waals surface area (Å²) in [6.07, 6.45) is 7.43. The molecule has 1 atom stereocenters. The van der Waals surface area contributed by atoms with Crippen LogP contribution in [0.25, 0.3) is 23.0 Å². The number of hydrogen-bond donors (Lipinski definition) is 4. The van der Waals surface area contributed by atoms with Crippen LogP contribution in [-0.2, 0) is 9.53 Å². The summed E-state index contributed by atoms with van der Waals surface area (Å²) in [7, 11) is 1.30. The van der Waals surface area contributed by atoms with Gasteiger partial charge in [-0.25, -0.2) is 9.78 Å². The van der Waals surface area contributed by atoms with Crippen LogP contribution in [0.2, 0.25) is 5.02 Å². The van der Waals surface area contributed by atoms with Gasteiger partial charge in [0.15, 0.2) is 0 Å². The van der Waals surface area contributed by atoms with E-state index in [-0.39, 0.29) is 5.91 Å². The van der Waals surface area contributed by atoms with Crippen LogP contribution >= 0.6 is 11.6 Å². The number of fused-ring (bicyclic) bond motifs is 4. The van der Waals surface area contributed by atoms with E-state index in [0.29, 0.717) is 52.4 Å². The molecular formula is C27H28ClN9O4. The van der Waals surface area contributed by atoms with E-state index < -0.39 is 12.1 Å². The van der Waals surface area contributed by atoms with Crippen molar-refractivity contribution >= 4 is 35.4 Å². The van der Waals surface area contributed by atoms with Gasteiger partial charge in [-0.15, -0.1) is 5.10 Å². The van der Waals surface area contributed by atoms with Crippen molar-refractivity contribution in [1.29, 1.82) is 0 Å². The second kappa shape index (κ2) is 13.1. The fourth-order valence-corrected chi connectivity index (χ4v) is 4.45. The lowest BCUT2D eigenvalue weighted by Crippen LogP contribution is -2.36. The highest BCUT2D eigenvalue weighted by Gasteiger charge is 2.20. The number of H-pyrrole nitrogens is 1. The molecule has 0 spiro atoms. The first-order chi connectivity index (χ1) is 20.0. The Morgan fingerprint density at radius 1 is 1.22 bits per heavy atom.